The summed E-state index contributed by atoms with van der Waals surface area (Å²) in [6, 6.07) is 0. The van der Waals surface area contributed by atoms with Crippen molar-refractivity contribution in [1.82, 2.24) is 4.90 Å². The summed E-state index contributed by atoms with van der Waals surface area (Å²) in [4.78, 5) is 22.7. The standard InChI is InChI=1S/C9H13NO4/c1-9(2,3)6-5(11)4-10(7(6)12)8(13)14/h11H,4H2,1-3H3,(H,13,14). The molecule has 0 unspecified atom stereocenters. The zero-order valence-electron chi connectivity index (χ0n) is 8.37. The van der Waals surface area contributed by atoms with Crippen molar-refractivity contribution in [3.63, 3.8) is 0 Å². The Balaban J connectivity index is 3.05. The molecule has 0 aromatic rings. The first-order valence-electron chi connectivity index (χ1n) is 4.22. The van der Waals surface area contributed by atoms with E-state index in [1.54, 1.807) is 20.8 Å². The molecule has 2 N–H and O–H groups in total. The van der Waals surface area contributed by atoms with Gasteiger partial charge in [-0.1, -0.05) is 20.8 Å². The van der Waals surface area contributed by atoms with E-state index in [0.29, 0.717) is 4.90 Å². The zero-order chi connectivity index (χ0) is 11.1. The van der Waals surface area contributed by atoms with Crippen LogP contribution in [-0.2, 0) is 4.79 Å². The number of carboxylic acid groups (broad SMARTS) is 1. The van der Waals surface area contributed by atoms with Crippen LogP contribution < -0.4 is 0 Å². The molecular formula is C9H13NO4. The lowest BCUT2D eigenvalue weighted by Gasteiger charge is -2.19. The number of rotatable bonds is 0. The highest BCUT2D eigenvalue weighted by Gasteiger charge is 2.40. The molecule has 0 saturated carbocycles. The first-order chi connectivity index (χ1) is 6.25. The van der Waals surface area contributed by atoms with Crippen molar-refractivity contribution in [2.45, 2.75) is 20.8 Å². The quantitative estimate of drug-likeness (QED) is 0.617. The fourth-order valence-electron chi connectivity index (χ4n) is 1.47. The summed E-state index contributed by atoms with van der Waals surface area (Å²) in [6.07, 6.45) is -1.33. The molecular weight excluding hydrogens is 186 g/mol. The van der Waals surface area contributed by atoms with Crippen LogP contribution in [0.4, 0.5) is 4.79 Å². The number of carbonyl (C=O) groups excluding carboxylic acids is 1. The summed E-state index contributed by atoms with van der Waals surface area (Å²) < 4.78 is 0. The SMILES string of the molecule is CC(C)(C)C1=C(O)CN(C(=O)O)C1=O. The maximum Gasteiger partial charge on any atom is 0.414 e. The normalized spacial score (nSPS) is 17.9. The van der Waals surface area contributed by atoms with Crippen molar-refractivity contribution in [2.75, 3.05) is 6.54 Å². The van der Waals surface area contributed by atoms with Gasteiger partial charge in [-0.25, -0.2) is 9.69 Å². The summed E-state index contributed by atoms with van der Waals surface area (Å²) in [7, 11) is 0. The number of nitrogens with zero attached hydrogens (tertiary/aromatic N) is 1. The molecule has 5 heteroatoms. The molecule has 2 amide bonds. The summed E-state index contributed by atoms with van der Waals surface area (Å²) >= 11 is 0. The van der Waals surface area contributed by atoms with E-state index in [1.165, 1.54) is 0 Å². The largest absolute Gasteiger partial charge is 0.510 e. The van der Waals surface area contributed by atoms with Crippen molar-refractivity contribution in [3.8, 4) is 0 Å². The van der Waals surface area contributed by atoms with Crippen molar-refractivity contribution < 1.29 is 19.8 Å². The third kappa shape index (κ3) is 1.57. The van der Waals surface area contributed by atoms with Gasteiger partial charge in [0, 0.05) is 0 Å². The van der Waals surface area contributed by atoms with Gasteiger partial charge in [0.25, 0.3) is 5.91 Å². The Labute approximate surface area is 81.6 Å². The maximum absolute atomic E-state index is 11.5. The van der Waals surface area contributed by atoms with Crippen molar-refractivity contribution in [1.29, 1.82) is 0 Å². The molecule has 1 aliphatic rings. The lowest BCUT2D eigenvalue weighted by atomic mass is 9.86. The number of imide groups is 1. The molecule has 78 valence electrons. The Morgan fingerprint density at radius 2 is 1.93 bits per heavy atom. The Bertz CT molecular complexity index is 324. The van der Waals surface area contributed by atoms with E-state index >= 15 is 0 Å². The van der Waals surface area contributed by atoms with Gasteiger partial charge in [-0.15, -0.1) is 0 Å². The summed E-state index contributed by atoms with van der Waals surface area (Å²) in [5, 5.41) is 18.1. The van der Waals surface area contributed by atoms with Crippen LogP contribution in [0.2, 0.25) is 0 Å². The van der Waals surface area contributed by atoms with E-state index in [-0.39, 0.29) is 17.9 Å². The topological polar surface area (TPSA) is 77.8 Å². The summed E-state index contributed by atoms with van der Waals surface area (Å²) in [5.74, 6) is -0.771. The molecule has 1 aliphatic heterocycles. The minimum atomic E-state index is -1.33. The second-order valence-electron chi connectivity index (χ2n) is 4.25. The molecule has 14 heavy (non-hydrogen) atoms. The van der Waals surface area contributed by atoms with Crippen LogP contribution in [0.25, 0.3) is 0 Å². The molecule has 1 heterocycles. The Kier molecular flexibility index (Phi) is 2.27. The van der Waals surface area contributed by atoms with Crippen LogP contribution in [-0.4, -0.2) is 33.7 Å². The van der Waals surface area contributed by atoms with Crippen LogP contribution in [0.3, 0.4) is 0 Å². The van der Waals surface area contributed by atoms with Gasteiger partial charge in [-0.05, 0) is 5.41 Å². The number of amides is 2. The highest BCUT2D eigenvalue weighted by molar-refractivity contribution is 6.05. The second kappa shape index (κ2) is 3.01. The van der Waals surface area contributed by atoms with Crippen LogP contribution in [0.5, 0.6) is 0 Å². The van der Waals surface area contributed by atoms with Crippen LogP contribution in [0.15, 0.2) is 11.3 Å². The van der Waals surface area contributed by atoms with Gasteiger partial charge in [0.05, 0.1) is 12.1 Å². The van der Waals surface area contributed by atoms with Crippen LogP contribution in [0, 0.1) is 5.41 Å². The number of hydrogen-bond acceptors (Lipinski definition) is 3. The number of aliphatic hydroxyl groups is 1. The molecule has 0 spiro atoms. The van der Waals surface area contributed by atoms with Gasteiger partial charge in [-0.3, -0.25) is 4.79 Å². The monoisotopic (exact) mass is 199 g/mol. The summed E-state index contributed by atoms with van der Waals surface area (Å²) in [6.45, 7) is 5.02. The number of hydrogen-bond donors (Lipinski definition) is 2. The average molecular weight is 199 g/mol. The van der Waals surface area contributed by atoms with E-state index in [2.05, 4.69) is 0 Å². The number of aliphatic hydroxyl groups excluding tert-OH is 1. The molecule has 0 aromatic carbocycles. The van der Waals surface area contributed by atoms with Crippen LogP contribution >= 0.6 is 0 Å². The molecule has 0 aliphatic carbocycles. The Morgan fingerprint density at radius 3 is 2.14 bits per heavy atom. The van der Waals surface area contributed by atoms with E-state index in [0.717, 1.165) is 0 Å². The first kappa shape index (κ1) is 10.6. The third-order valence-electron chi connectivity index (χ3n) is 2.04. The lowest BCUT2D eigenvalue weighted by Crippen LogP contribution is -2.34. The Hall–Kier alpha value is -1.52. The molecule has 0 atom stereocenters. The van der Waals surface area contributed by atoms with Gasteiger partial charge in [0.2, 0.25) is 0 Å². The Morgan fingerprint density at radius 1 is 1.43 bits per heavy atom. The van der Waals surface area contributed by atoms with E-state index in [9.17, 15) is 14.7 Å². The van der Waals surface area contributed by atoms with Gasteiger partial charge in [-0.2, -0.15) is 0 Å². The zero-order valence-corrected chi connectivity index (χ0v) is 8.37. The first-order valence-corrected chi connectivity index (χ1v) is 4.22. The van der Waals surface area contributed by atoms with E-state index in [4.69, 9.17) is 5.11 Å². The highest BCUT2D eigenvalue weighted by Crippen LogP contribution is 2.33. The summed E-state index contributed by atoms with van der Waals surface area (Å²) in [5.41, 5.74) is -0.356. The van der Waals surface area contributed by atoms with Gasteiger partial charge >= 0.3 is 6.09 Å². The lowest BCUT2D eigenvalue weighted by molar-refractivity contribution is -0.124. The minimum absolute atomic E-state index is 0.148. The molecule has 0 fully saturated rings. The molecule has 5 nitrogen and oxygen atoms in total. The third-order valence-corrected chi connectivity index (χ3v) is 2.04. The fourth-order valence-corrected chi connectivity index (χ4v) is 1.47. The highest BCUT2D eigenvalue weighted by atomic mass is 16.4. The van der Waals surface area contributed by atoms with Gasteiger partial charge in [0.15, 0.2) is 0 Å². The van der Waals surface area contributed by atoms with Crippen LogP contribution in [0.1, 0.15) is 20.8 Å². The fraction of sp³-hybridized carbons (Fsp3) is 0.556. The number of carbonyl (C=O) groups is 2. The van der Waals surface area contributed by atoms with E-state index in [1.807, 2.05) is 0 Å². The van der Waals surface area contributed by atoms with Crippen molar-refractivity contribution in [3.05, 3.63) is 11.3 Å². The van der Waals surface area contributed by atoms with Crippen molar-refractivity contribution >= 4 is 12.0 Å². The molecule has 0 saturated heterocycles. The molecule has 0 bridgehead atoms. The molecule has 0 radical (unpaired) electrons. The minimum Gasteiger partial charge on any atom is -0.510 e. The maximum atomic E-state index is 11.5. The van der Waals surface area contributed by atoms with Gasteiger partial charge < -0.3 is 10.2 Å². The predicted molar refractivity (Wildman–Crippen MR) is 48.8 cm³/mol. The molecule has 0 aromatic heterocycles. The second-order valence-corrected chi connectivity index (χ2v) is 4.25. The average Bonchev–Trinajstić information content (AvgIpc) is 2.24. The smallest absolute Gasteiger partial charge is 0.414 e. The molecule has 1 rings (SSSR count). The van der Waals surface area contributed by atoms with E-state index < -0.39 is 17.4 Å². The van der Waals surface area contributed by atoms with Gasteiger partial charge in [0.1, 0.15) is 5.76 Å². The predicted octanol–water partition coefficient (Wildman–Crippen LogP) is 1.36. The van der Waals surface area contributed by atoms with Crippen molar-refractivity contribution in [2.24, 2.45) is 5.41 Å².